The van der Waals surface area contributed by atoms with E-state index in [1.807, 2.05) is 5.38 Å². The number of halogens is 3. The van der Waals surface area contributed by atoms with Gasteiger partial charge < -0.3 is 4.90 Å². The Labute approximate surface area is 164 Å². The van der Waals surface area contributed by atoms with Crippen LogP contribution in [-0.2, 0) is 21.0 Å². The third kappa shape index (κ3) is 4.89. The molecule has 0 saturated carbocycles. The maximum Gasteiger partial charge on any atom is 0.416 e. The summed E-state index contributed by atoms with van der Waals surface area (Å²) in [7, 11) is -4.24. The summed E-state index contributed by atoms with van der Waals surface area (Å²) < 4.78 is 65.0. The van der Waals surface area contributed by atoms with Crippen molar-refractivity contribution in [3.8, 4) is 0 Å². The molecule has 1 amide bonds. The van der Waals surface area contributed by atoms with E-state index in [0.717, 1.165) is 36.0 Å². The molecule has 1 atom stereocenters. The van der Waals surface area contributed by atoms with Crippen LogP contribution in [0.4, 0.5) is 13.2 Å². The molecule has 1 aliphatic rings. The molecule has 0 spiro atoms. The Balaban J connectivity index is 1.63. The number of hydrogen-bond donors (Lipinski definition) is 1. The molecule has 1 aliphatic heterocycles. The number of sulfonamides is 1. The number of carbonyl (C=O) groups excluding carboxylic acids is 1. The van der Waals surface area contributed by atoms with Crippen LogP contribution in [0.2, 0.25) is 0 Å². The van der Waals surface area contributed by atoms with Crippen molar-refractivity contribution in [2.75, 3.05) is 19.6 Å². The summed E-state index contributed by atoms with van der Waals surface area (Å²) in [5.41, 5.74) is -1.07. The number of alkyl halides is 3. The zero-order valence-electron chi connectivity index (χ0n) is 14.6. The number of benzene rings is 1. The van der Waals surface area contributed by atoms with Crippen molar-refractivity contribution >= 4 is 27.3 Å². The molecule has 28 heavy (non-hydrogen) atoms. The topological polar surface area (TPSA) is 79.4 Å². The molecule has 11 heteroatoms. The fraction of sp³-hybridized carbons (Fsp3) is 0.412. The highest BCUT2D eigenvalue weighted by Gasteiger charge is 2.32. The van der Waals surface area contributed by atoms with Crippen LogP contribution in [0, 0.1) is 0 Å². The summed E-state index contributed by atoms with van der Waals surface area (Å²) in [6, 6.07) is 3.41. The second kappa shape index (κ2) is 8.18. The largest absolute Gasteiger partial charge is 0.416 e. The Kier molecular flexibility index (Phi) is 6.06. The van der Waals surface area contributed by atoms with E-state index >= 15 is 0 Å². The summed E-state index contributed by atoms with van der Waals surface area (Å²) in [6.45, 7) is 0.437. The fourth-order valence-electron chi connectivity index (χ4n) is 3.03. The molecule has 2 aromatic rings. The molecule has 6 nitrogen and oxygen atoms in total. The molecule has 0 bridgehead atoms. The average molecular weight is 433 g/mol. The van der Waals surface area contributed by atoms with Crippen molar-refractivity contribution in [2.45, 2.75) is 29.8 Å². The maximum absolute atomic E-state index is 12.8. The minimum atomic E-state index is -4.65. The van der Waals surface area contributed by atoms with Gasteiger partial charge in [-0.25, -0.2) is 18.1 Å². The number of amides is 1. The van der Waals surface area contributed by atoms with Crippen LogP contribution in [0.1, 0.15) is 29.3 Å². The highest BCUT2D eigenvalue weighted by Crippen LogP contribution is 2.30. The van der Waals surface area contributed by atoms with Gasteiger partial charge in [0.05, 0.1) is 22.0 Å². The molecule has 1 aromatic carbocycles. The molecule has 0 aliphatic carbocycles. The summed E-state index contributed by atoms with van der Waals surface area (Å²) in [4.78, 5) is 17.7. The number of aromatic nitrogens is 1. The van der Waals surface area contributed by atoms with Gasteiger partial charge in [0.2, 0.25) is 15.9 Å². The van der Waals surface area contributed by atoms with Crippen LogP contribution in [0.25, 0.3) is 0 Å². The molecule has 3 rings (SSSR count). The number of hydrogen-bond acceptors (Lipinski definition) is 5. The van der Waals surface area contributed by atoms with Gasteiger partial charge >= 0.3 is 6.18 Å². The molecular weight excluding hydrogens is 415 g/mol. The Bertz CT molecular complexity index is 931. The van der Waals surface area contributed by atoms with Gasteiger partial charge in [0.1, 0.15) is 0 Å². The second-order valence-electron chi connectivity index (χ2n) is 6.40. The number of piperidine rings is 1. The normalized spacial score (nSPS) is 18.2. The fourth-order valence-corrected chi connectivity index (χ4v) is 4.82. The quantitative estimate of drug-likeness (QED) is 0.787. The average Bonchev–Trinajstić information content (AvgIpc) is 3.20. The molecule has 2 heterocycles. The third-order valence-electron chi connectivity index (χ3n) is 4.46. The summed E-state index contributed by atoms with van der Waals surface area (Å²) >= 11 is 1.51. The number of rotatable bonds is 5. The molecule has 1 N–H and O–H groups in total. The van der Waals surface area contributed by atoms with E-state index in [2.05, 4.69) is 9.71 Å². The van der Waals surface area contributed by atoms with Crippen molar-refractivity contribution < 1.29 is 26.4 Å². The summed E-state index contributed by atoms with van der Waals surface area (Å²) in [5, 5.41) is 2.79. The van der Waals surface area contributed by atoms with Gasteiger partial charge in [0, 0.05) is 30.6 Å². The molecular formula is C17H18F3N3O3S2. The van der Waals surface area contributed by atoms with E-state index in [4.69, 9.17) is 0 Å². The highest BCUT2D eigenvalue weighted by atomic mass is 32.2. The van der Waals surface area contributed by atoms with E-state index in [9.17, 15) is 26.4 Å². The van der Waals surface area contributed by atoms with Gasteiger partial charge in [0.15, 0.2) is 0 Å². The highest BCUT2D eigenvalue weighted by molar-refractivity contribution is 7.89. The number of nitrogens with one attached hydrogen (secondary N) is 1. The van der Waals surface area contributed by atoms with Crippen molar-refractivity contribution in [1.29, 1.82) is 0 Å². The predicted molar refractivity (Wildman–Crippen MR) is 97.3 cm³/mol. The molecule has 152 valence electrons. The van der Waals surface area contributed by atoms with E-state index in [-0.39, 0.29) is 5.92 Å². The molecule has 1 unspecified atom stereocenters. The number of thiazole rings is 1. The Morgan fingerprint density at radius 3 is 2.82 bits per heavy atom. The minimum absolute atomic E-state index is 0.109. The molecule has 1 saturated heterocycles. The van der Waals surface area contributed by atoms with Crippen LogP contribution in [0.3, 0.4) is 0 Å². The number of carbonyl (C=O) groups is 1. The van der Waals surface area contributed by atoms with Crippen LogP contribution >= 0.6 is 11.3 Å². The zero-order valence-corrected chi connectivity index (χ0v) is 16.3. The lowest BCUT2D eigenvalue weighted by Crippen LogP contribution is -2.44. The number of nitrogens with zero attached hydrogens (tertiary/aromatic N) is 2. The molecule has 1 fully saturated rings. The van der Waals surface area contributed by atoms with Crippen molar-refractivity contribution in [2.24, 2.45) is 0 Å². The summed E-state index contributed by atoms with van der Waals surface area (Å²) in [6.07, 6.45) is -1.28. The SMILES string of the molecule is O=C(CNS(=O)(=O)c1cccc(C(F)(F)F)c1)N1CCCC(c2nccs2)C1. The Hall–Kier alpha value is -1.98. The van der Waals surface area contributed by atoms with E-state index in [0.29, 0.717) is 19.2 Å². The van der Waals surface area contributed by atoms with Gasteiger partial charge in [-0.2, -0.15) is 13.2 Å². The first-order valence-corrected chi connectivity index (χ1v) is 10.9. The van der Waals surface area contributed by atoms with Crippen molar-refractivity contribution in [3.05, 3.63) is 46.4 Å². The van der Waals surface area contributed by atoms with E-state index in [1.165, 1.54) is 11.3 Å². The monoisotopic (exact) mass is 433 g/mol. The van der Waals surface area contributed by atoms with Crippen molar-refractivity contribution in [3.63, 3.8) is 0 Å². The van der Waals surface area contributed by atoms with E-state index < -0.39 is 39.1 Å². The maximum atomic E-state index is 12.8. The third-order valence-corrected chi connectivity index (χ3v) is 6.80. The predicted octanol–water partition coefficient (Wildman–Crippen LogP) is 2.85. The Morgan fingerprint density at radius 1 is 1.36 bits per heavy atom. The zero-order chi connectivity index (χ0) is 20.4. The molecule has 1 aromatic heterocycles. The first-order valence-electron chi connectivity index (χ1n) is 8.51. The lowest BCUT2D eigenvalue weighted by molar-refractivity contribution is -0.137. The van der Waals surface area contributed by atoms with Gasteiger partial charge in [-0.15, -0.1) is 11.3 Å². The summed E-state index contributed by atoms with van der Waals surface area (Å²) in [5.74, 6) is -0.311. The lowest BCUT2D eigenvalue weighted by Gasteiger charge is -2.31. The smallest absolute Gasteiger partial charge is 0.341 e. The van der Waals surface area contributed by atoms with Crippen LogP contribution in [0.5, 0.6) is 0 Å². The second-order valence-corrected chi connectivity index (χ2v) is 9.09. The van der Waals surface area contributed by atoms with Crippen molar-refractivity contribution in [1.82, 2.24) is 14.6 Å². The first kappa shape index (κ1) is 20.7. The Morgan fingerprint density at radius 2 is 2.14 bits per heavy atom. The lowest BCUT2D eigenvalue weighted by atomic mass is 9.99. The van der Waals surface area contributed by atoms with Crippen LogP contribution in [0.15, 0.2) is 40.7 Å². The van der Waals surface area contributed by atoms with Crippen LogP contribution < -0.4 is 4.72 Å². The van der Waals surface area contributed by atoms with Gasteiger partial charge in [0.25, 0.3) is 0 Å². The van der Waals surface area contributed by atoms with Gasteiger partial charge in [-0.05, 0) is 31.0 Å². The minimum Gasteiger partial charge on any atom is -0.341 e. The van der Waals surface area contributed by atoms with E-state index in [1.54, 1.807) is 11.1 Å². The van der Waals surface area contributed by atoms with Crippen LogP contribution in [-0.4, -0.2) is 43.8 Å². The van der Waals surface area contributed by atoms with Gasteiger partial charge in [-0.1, -0.05) is 6.07 Å². The van der Waals surface area contributed by atoms with Gasteiger partial charge in [-0.3, -0.25) is 4.79 Å². The molecule has 0 radical (unpaired) electrons. The number of likely N-dealkylation sites (tertiary alicyclic amines) is 1. The standard InChI is InChI=1S/C17H18F3N3O3S2/c18-17(19,20)13-4-1-5-14(9-13)28(25,26)22-10-15(24)23-7-2-3-12(11-23)16-21-6-8-27-16/h1,4-6,8-9,12,22H,2-3,7,10-11H2. The first-order chi connectivity index (χ1) is 13.2.